The van der Waals surface area contributed by atoms with Crippen LogP contribution in [0.3, 0.4) is 0 Å². The molecule has 2 heterocycles. The highest BCUT2D eigenvalue weighted by Gasteiger charge is 2.42. The number of nitrogens with zero attached hydrogens (tertiary/aromatic N) is 2. The lowest BCUT2D eigenvalue weighted by Crippen LogP contribution is -2.58. The molecule has 1 aromatic heterocycles. The van der Waals surface area contributed by atoms with Gasteiger partial charge in [0.25, 0.3) is 0 Å². The Kier molecular flexibility index (Phi) is 2.54. The molecular formula is C16H13N3O2. The molecule has 0 saturated heterocycles. The van der Waals surface area contributed by atoms with E-state index in [9.17, 15) is 9.59 Å². The van der Waals surface area contributed by atoms with Gasteiger partial charge < -0.3 is 9.88 Å². The third-order valence-electron chi connectivity index (χ3n) is 4.01. The number of carbonyl (C=O) groups is 2. The second-order valence-corrected chi connectivity index (χ2v) is 5.23. The number of aliphatic imine (C=N–C) groups is 1. The maximum Gasteiger partial charge on any atom is 0.249 e. The quantitative estimate of drug-likeness (QED) is 0.786. The summed E-state index contributed by atoms with van der Waals surface area (Å²) in [4.78, 5) is 33.6. The summed E-state index contributed by atoms with van der Waals surface area (Å²) in [6, 6.07) is 3.46. The highest BCUT2D eigenvalue weighted by molar-refractivity contribution is 6.69. The van der Waals surface area contributed by atoms with Crippen molar-refractivity contribution in [3.63, 3.8) is 0 Å². The SMILES string of the molecule is O=C1C=CC2C(=NC3C=CC=CC3N2c2ccc[nH]2)C1=O. The fraction of sp³-hybridized carbons (Fsp3) is 0.188. The van der Waals surface area contributed by atoms with Crippen LogP contribution in [0.2, 0.25) is 0 Å². The smallest absolute Gasteiger partial charge is 0.249 e. The number of rotatable bonds is 1. The molecule has 1 N–H and O–H groups in total. The van der Waals surface area contributed by atoms with Crippen LogP contribution in [0.1, 0.15) is 0 Å². The van der Waals surface area contributed by atoms with E-state index in [1.54, 1.807) is 6.08 Å². The molecule has 5 nitrogen and oxygen atoms in total. The van der Waals surface area contributed by atoms with Crippen molar-refractivity contribution >= 4 is 23.1 Å². The lowest BCUT2D eigenvalue weighted by Gasteiger charge is -2.43. The second-order valence-electron chi connectivity index (χ2n) is 5.23. The third kappa shape index (κ3) is 1.74. The van der Waals surface area contributed by atoms with E-state index < -0.39 is 11.6 Å². The van der Waals surface area contributed by atoms with Crippen molar-refractivity contribution in [3.05, 3.63) is 54.8 Å². The van der Waals surface area contributed by atoms with E-state index in [1.165, 1.54) is 6.08 Å². The molecule has 0 saturated carbocycles. The number of aromatic nitrogens is 1. The van der Waals surface area contributed by atoms with E-state index in [-0.39, 0.29) is 18.1 Å². The van der Waals surface area contributed by atoms with Crippen LogP contribution in [0.15, 0.2) is 59.8 Å². The summed E-state index contributed by atoms with van der Waals surface area (Å²) in [6.45, 7) is 0. The Morgan fingerprint density at radius 1 is 1.14 bits per heavy atom. The van der Waals surface area contributed by atoms with E-state index in [4.69, 9.17) is 0 Å². The van der Waals surface area contributed by atoms with Gasteiger partial charge >= 0.3 is 0 Å². The Balaban J connectivity index is 1.88. The molecule has 104 valence electrons. The van der Waals surface area contributed by atoms with Crippen LogP contribution >= 0.6 is 0 Å². The summed E-state index contributed by atoms with van der Waals surface area (Å²) >= 11 is 0. The van der Waals surface area contributed by atoms with Crippen molar-refractivity contribution in [3.8, 4) is 0 Å². The minimum absolute atomic E-state index is 0.0352. The number of allylic oxidation sites excluding steroid dienone is 3. The minimum Gasteiger partial charge on any atom is -0.348 e. The first-order valence-electron chi connectivity index (χ1n) is 6.87. The summed E-state index contributed by atoms with van der Waals surface area (Å²) in [5.74, 6) is -0.0835. The average molecular weight is 279 g/mol. The van der Waals surface area contributed by atoms with Gasteiger partial charge in [0.05, 0.1) is 18.1 Å². The summed E-state index contributed by atoms with van der Waals surface area (Å²) in [7, 11) is 0. The van der Waals surface area contributed by atoms with E-state index >= 15 is 0 Å². The van der Waals surface area contributed by atoms with Gasteiger partial charge in [0.1, 0.15) is 11.5 Å². The van der Waals surface area contributed by atoms with Gasteiger partial charge in [0.2, 0.25) is 11.6 Å². The van der Waals surface area contributed by atoms with Gasteiger partial charge in [-0.05, 0) is 18.2 Å². The predicted molar refractivity (Wildman–Crippen MR) is 79.5 cm³/mol. The number of H-pyrrole nitrogens is 1. The average Bonchev–Trinajstić information content (AvgIpc) is 3.03. The van der Waals surface area contributed by atoms with Crippen molar-refractivity contribution in [1.29, 1.82) is 0 Å². The number of nitrogens with one attached hydrogen (secondary N) is 1. The first kappa shape index (κ1) is 12.1. The minimum atomic E-state index is -0.500. The lowest BCUT2D eigenvalue weighted by molar-refractivity contribution is -0.130. The van der Waals surface area contributed by atoms with E-state index in [0.29, 0.717) is 5.71 Å². The Hall–Kier alpha value is -2.69. The number of anilines is 1. The molecule has 0 spiro atoms. The van der Waals surface area contributed by atoms with E-state index in [0.717, 1.165) is 5.82 Å². The molecule has 0 aromatic carbocycles. The summed E-state index contributed by atoms with van der Waals surface area (Å²) in [6.07, 6.45) is 12.9. The molecule has 0 radical (unpaired) electrons. The van der Waals surface area contributed by atoms with Gasteiger partial charge in [0, 0.05) is 6.20 Å². The van der Waals surface area contributed by atoms with Gasteiger partial charge in [-0.1, -0.05) is 30.4 Å². The first-order chi connectivity index (χ1) is 10.3. The summed E-state index contributed by atoms with van der Waals surface area (Å²) in [5, 5.41) is 0. The monoisotopic (exact) mass is 279 g/mol. The van der Waals surface area contributed by atoms with Gasteiger partial charge in [-0.15, -0.1) is 0 Å². The molecule has 0 fully saturated rings. The van der Waals surface area contributed by atoms with Crippen molar-refractivity contribution in [2.45, 2.75) is 18.1 Å². The van der Waals surface area contributed by atoms with Crippen molar-refractivity contribution in [2.24, 2.45) is 4.99 Å². The molecule has 5 heteroatoms. The molecule has 3 aliphatic rings. The summed E-state index contributed by atoms with van der Waals surface area (Å²) < 4.78 is 0. The zero-order valence-electron chi connectivity index (χ0n) is 11.1. The molecule has 0 amide bonds. The number of carbonyl (C=O) groups excluding carboxylic acids is 2. The number of fused-ring (bicyclic) bond motifs is 2. The van der Waals surface area contributed by atoms with Crippen LogP contribution in [0, 0.1) is 0 Å². The van der Waals surface area contributed by atoms with Gasteiger partial charge in [0.15, 0.2) is 0 Å². The Morgan fingerprint density at radius 3 is 2.81 bits per heavy atom. The van der Waals surface area contributed by atoms with Crippen LogP contribution in [0.4, 0.5) is 5.82 Å². The van der Waals surface area contributed by atoms with Crippen LogP contribution < -0.4 is 4.90 Å². The second kappa shape index (κ2) is 4.41. The van der Waals surface area contributed by atoms with Crippen molar-refractivity contribution < 1.29 is 9.59 Å². The number of aromatic amines is 1. The van der Waals surface area contributed by atoms with Gasteiger partial charge in [-0.3, -0.25) is 14.6 Å². The highest BCUT2D eigenvalue weighted by atomic mass is 16.2. The lowest BCUT2D eigenvalue weighted by atomic mass is 9.89. The zero-order valence-corrected chi connectivity index (χ0v) is 11.1. The Labute approximate surface area is 121 Å². The normalized spacial score (nSPS) is 30.2. The molecule has 3 unspecified atom stereocenters. The molecule has 21 heavy (non-hydrogen) atoms. The van der Waals surface area contributed by atoms with Crippen LogP contribution in [0.25, 0.3) is 0 Å². The predicted octanol–water partition coefficient (Wildman–Crippen LogP) is 1.22. The number of hydrogen-bond acceptors (Lipinski definition) is 4. The number of ketones is 2. The fourth-order valence-electron chi connectivity index (χ4n) is 3.06. The molecule has 1 aliphatic heterocycles. The molecule has 2 aliphatic carbocycles. The largest absolute Gasteiger partial charge is 0.348 e. The molecule has 0 bridgehead atoms. The maximum atomic E-state index is 12.1. The topological polar surface area (TPSA) is 65.5 Å². The molecule has 3 atom stereocenters. The van der Waals surface area contributed by atoms with Crippen molar-refractivity contribution in [1.82, 2.24) is 4.98 Å². The van der Waals surface area contributed by atoms with E-state index in [2.05, 4.69) is 21.0 Å². The standard InChI is InChI=1S/C16H13N3O2/c20-13-8-7-12-15(16(13)21)18-10-4-1-2-5-11(10)19(12)14-6-3-9-17-14/h1-12,17H. The fourth-order valence-corrected chi connectivity index (χ4v) is 3.06. The molecule has 1 aromatic rings. The Bertz CT molecular complexity index is 725. The third-order valence-corrected chi connectivity index (χ3v) is 4.01. The number of Topliss-reactive ketones (excluding diaryl/α,β-unsaturated/α-hetero) is 1. The summed E-state index contributed by atoms with van der Waals surface area (Å²) in [5.41, 5.74) is 0.332. The van der Waals surface area contributed by atoms with Gasteiger partial charge in [-0.2, -0.15) is 0 Å². The Morgan fingerprint density at radius 2 is 2.00 bits per heavy atom. The number of hydrogen-bond donors (Lipinski definition) is 1. The highest BCUT2D eigenvalue weighted by Crippen LogP contribution is 2.30. The van der Waals surface area contributed by atoms with Crippen LogP contribution in [-0.2, 0) is 9.59 Å². The van der Waals surface area contributed by atoms with Crippen molar-refractivity contribution in [2.75, 3.05) is 4.90 Å². The van der Waals surface area contributed by atoms with E-state index in [1.807, 2.05) is 36.6 Å². The van der Waals surface area contributed by atoms with Crippen LogP contribution in [-0.4, -0.2) is 40.4 Å². The maximum absolute atomic E-state index is 12.1. The molecule has 4 rings (SSSR count). The van der Waals surface area contributed by atoms with Gasteiger partial charge in [-0.25, -0.2) is 0 Å². The zero-order chi connectivity index (χ0) is 14.4. The van der Waals surface area contributed by atoms with Crippen LogP contribution in [0.5, 0.6) is 0 Å². The first-order valence-corrected chi connectivity index (χ1v) is 6.87. The molecular weight excluding hydrogens is 266 g/mol.